The summed E-state index contributed by atoms with van der Waals surface area (Å²) in [6, 6.07) is 0.462. The molecule has 1 aliphatic rings. The molecule has 0 aromatic carbocycles. The number of hydrogen-bond donors (Lipinski definition) is 1. The Labute approximate surface area is 117 Å². The summed E-state index contributed by atoms with van der Waals surface area (Å²) in [7, 11) is 4.31. The fourth-order valence-corrected chi connectivity index (χ4v) is 2.44. The van der Waals surface area contributed by atoms with Crippen molar-refractivity contribution in [3.05, 3.63) is 16.0 Å². The SMILES string of the molecule is Cc1nc(CC2CN(C)CCN2C)nc(N)c1Br. The second-order valence-corrected chi connectivity index (χ2v) is 5.82. The minimum atomic E-state index is 0.462. The molecule has 2 N–H and O–H groups in total. The van der Waals surface area contributed by atoms with Crippen LogP contribution in [0.2, 0.25) is 0 Å². The smallest absolute Gasteiger partial charge is 0.141 e. The van der Waals surface area contributed by atoms with Gasteiger partial charge in [0, 0.05) is 32.1 Å². The molecular weight excluding hydrogens is 294 g/mol. The van der Waals surface area contributed by atoms with E-state index < -0.39 is 0 Å². The van der Waals surface area contributed by atoms with Gasteiger partial charge < -0.3 is 15.5 Å². The Hall–Kier alpha value is -0.720. The number of aryl methyl sites for hydroxylation is 1. The Morgan fingerprint density at radius 3 is 2.72 bits per heavy atom. The number of piperazine rings is 1. The number of nitrogen functional groups attached to an aromatic ring is 1. The zero-order valence-electron chi connectivity index (χ0n) is 11.1. The Kier molecular flexibility index (Phi) is 4.19. The molecule has 1 aromatic rings. The summed E-state index contributed by atoms with van der Waals surface area (Å²) in [6.07, 6.45) is 0.846. The Balaban J connectivity index is 2.13. The molecule has 5 nitrogen and oxygen atoms in total. The first-order valence-electron chi connectivity index (χ1n) is 6.14. The van der Waals surface area contributed by atoms with Crippen LogP contribution in [0.15, 0.2) is 4.47 Å². The van der Waals surface area contributed by atoms with E-state index in [4.69, 9.17) is 5.73 Å². The molecule has 1 saturated heterocycles. The molecule has 2 heterocycles. The summed E-state index contributed by atoms with van der Waals surface area (Å²) in [5, 5.41) is 0. The molecule has 0 radical (unpaired) electrons. The summed E-state index contributed by atoms with van der Waals surface area (Å²) in [5.41, 5.74) is 6.77. The van der Waals surface area contributed by atoms with Crippen molar-refractivity contribution in [3.8, 4) is 0 Å². The first kappa shape index (κ1) is 13.7. The third-order valence-electron chi connectivity index (χ3n) is 3.49. The maximum atomic E-state index is 5.87. The van der Waals surface area contributed by atoms with E-state index >= 15 is 0 Å². The number of anilines is 1. The van der Waals surface area contributed by atoms with Crippen molar-refractivity contribution in [2.24, 2.45) is 0 Å². The molecule has 6 heteroatoms. The Bertz CT molecular complexity index is 413. The summed E-state index contributed by atoms with van der Waals surface area (Å²) in [6.45, 7) is 5.21. The van der Waals surface area contributed by atoms with Gasteiger partial charge in [0.1, 0.15) is 11.6 Å². The van der Waals surface area contributed by atoms with Crippen LogP contribution in [0.5, 0.6) is 0 Å². The zero-order chi connectivity index (χ0) is 13.3. The number of nitrogens with zero attached hydrogens (tertiary/aromatic N) is 4. The average molecular weight is 314 g/mol. The molecule has 0 amide bonds. The van der Waals surface area contributed by atoms with Crippen molar-refractivity contribution in [1.82, 2.24) is 19.8 Å². The largest absolute Gasteiger partial charge is 0.383 e. The van der Waals surface area contributed by atoms with Crippen LogP contribution in [-0.2, 0) is 6.42 Å². The van der Waals surface area contributed by atoms with Crippen LogP contribution in [0.3, 0.4) is 0 Å². The van der Waals surface area contributed by atoms with Crippen LogP contribution in [0.1, 0.15) is 11.5 Å². The molecule has 0 saturated carbocycles. The van der Waals surface area contributed by atoms with Crippen molar-refractivity contribution in [1.29, 1.82) is 0 Å². The van der Waals surface area contributed by atoms with E-state index in [1.165, 1.54) is 0 Å². The van der Waals surface area contributed by atoms with Crippen LogP contribution >= 0.6 is 15.9 Å². The van der Waals surface area contributed by atoms with Crippen LogP contribution < -0.4 is 5.73 Å². The molecule has 1 aliphatic heterocycles. The molecule has 1 fully saturated rings. The van der Waals surface area contributed by atoms with E-state index in [0.29, 0.717) is 11.9 Å². The molecule has 1 aromatic heterocycles. The lowest BCUT2D eigenvalue weighted by molar-refractivity contribution is 0.113. The third-order valence-corrected chi connectivity index (χ3v) is 4.47. The average Bonchev–Trinajstić information content (AvgIpc) is 2.31. The number of likely N-dealkylation sites (N-methyl/N-ethyl adjacent to an activating group) is 2. The lowest BCUT2D eigenvalue weighted by Crippen LogP contribution is -2.51. The van der Waals surface area contributed by atoms with E-state index in [-0.39, 0.29) is 0 Å². The van der Waals surface area contributed by atoms with Gasteiger partial charge in [-0.1, -0.05) is 0 Å². The van der Waals surface area contributed by atoms with Gasteiger partial charge in [0.2, 0.25) is 0 Å². The molecular formula is C12H20BrN5. The summed E-state index contributed by atoms with van der Waals surface area (Å²) in [4.78, 5) is 13.6. The van der Waals surface area contributed by atoms with Gasteiger partial charge in [-0.15, -0.1) is 0 Å². The van der Waals surface area contributed by atoms with Gasteiger partial charge in [-0.25, -0.2) is 9.97 Å². The maximum absolute atomic E-state index is 5.87. The van der Waals surface area contributed by atoms with Crippen LogP contribution in [0, 0.1) is 6.92 Å². The van der Waals surface area contributed by atoms with E-state index in [0.717, 1.165) is 42.0 Å². The Morgan fingerprint density at radius 2 is 2.06 bits per heavy atom. The first-order valence-corrected chi connectivity index (χ1v) is 6.94. The lowest BCUT2D eigenvalue weighted by Gasteiger charge is -2.37. The van der Waals surface area contributed by atoms with Gasteiger partial charge in [-0.3, -0.25) is 0 Å². The van der Waals surface area contributed by atoms with E-state index in [1.807, 2.05) is 6.92 Å². The maximum Gasteiger partial charge on any atom is 0.141 e. The van der Waals surface area contributed by atoms with E-state index in [9.17, 15) is 0 Å². The summed E-state index contributed by atoms with van der Waals surface area (Å²) in [5.74, 6) is 1.37. The van der Waals surface area contributed by atoms with Crippen molar-refractivity contribution in [2.75, 3.05) is 39.5 Å². The first-order chi connectivity index (χ1) is 8.47. The summed E-state index contributed by atoms with van der Waals surface area (Å²) >= 11 is 3.39. The lowest BCUT2D eigenvalue weighted by atomic mass is 10.1. The van der Waals surface area contributed by atoms with Crippen molar-refractivity contribution >= 4 is 21.7 Å². The number of aromatic nitrogens is 2. The van der Waals surface area contributed by atoms with E-state index in [1.54, 1.807) is 0 Å². The number of hydrogen-bond acceptors (Lipinski definition) is 5. The highest BCUT2D eigenvalue weighted by molar-refractivity contribution is 9.10. The predicted octanol–water partition coefficient (Wildman–Crippen LogP) is 0.918. The van der Waals surface area contributed by atoms with Gasteiger partial charge in [0.25, 0.3) is 0 Å². The quantitative estimate of drug-likeness (QED) is 0.880. The van der Waals surface area contributed by atoms with E-state index in [2.05, 4.69) is 49.8 Å². The van der Waals surface area contributed by atoms with Crippen molar-refractivity contribution in [2.45, 2.75) is 19.4 Å². The molecule has 1 atom stereocenters. The molecule has 100 valence electrons. The molecule has 2 rings (SSSR count). The highest BCUT2D eigenvalue weighted by atomic mass is 79.9. The topological polar surface area (TPSA) is 58.3 Å². The van der Waals surface area contributed by atoms with Gasteiger partial charge in [-0.2, -0.15) is 0 Å². The molecule has 1 unspecified atom stereocenters. The molecule has 0 spiro atoms. The molecule has 0 bridgehead atoms. The molecule has 0 aliphatic carbocycles. The second kappa shape index (κ2) is 5.50. The fraction of sp³-hybridized carbons (Fsp3) is 0.667. The Morgan fingerprint density at radius 1 is 1.33 bits per heavy atom. The van der Waals surface area contributed by atoms with Crippen LogP contribution in [0.4, 0.5) is 5.82 Å². The summed E-state index contributed by atoms with van der Waals surface area (Å²) < 4.78 is 0.806. The van der Waals surface area contributed by atoms with Gasteiger partial charge in [0.15, 0.2) is 0 Å². The highest BCUT2D eigenvalue weighted by Crippen LogP contribution is 2.21. The number of nitrogens with two attached hydrogens (primary N) is 1. The van der Waals surface area contributed by atoms with Crippen molar-refractivity contribution < 1.29 is 0 Å². The second-order valence-electron chi connectivity index (χ2n) is 5.03. The zero-order valence-corrected chi connectivity index (χ0v) is 12.7. The third kappa shape index (κ3) is 2.99. The molecule has 18 heavy (non-hydrogen) atoms. The van der Waals surface area contributed by atoms with Crippen LogP contribution in [-0.4, -0.2) is 59.5 Å². The monoisotopic (exact) mass is 313 g/mol. The van der Waals surface area contributed by atoms with Gasteiger partial charge in [-0.05, 0) is 36.9 Å². The number of halogens is 1. The number of rotatable bonds is 2. The van der Waals surface area contributed by atoms with Crippen LogP contribution in [0.25, 0.3) is 0 Å². The van der Waals surface area contributed by atoms with Gasteiger partial charge in [0.05, 0.1) is 10.2 Å². The minimum absolute atomic E-state index is 0.462. The normalized spacial score (nSPS) is 22.3. The minimum Gasteiger partial charge on any atom is -0.383 e. The standard InChI is InChI=1S/C12H20BrN5/c1-8-11(13)12(14)16-10(15-8)6-9-7-17(2)4-5-18(9)3/h9H,4-7H2,1-3H3,(H2,14,15,16). The fourth-order valence-electron chi connectivity index (χ4n) is 2.27. The highest BCUT2D eigenvalue weighted by Gasteiger charge is 2.23. The predicted molar refractivity (Wildman–Crippen MR) is 76.5 cm³/mol. The van der Waals surface area contributed by atoms with Gasteiger partial charge >= 0.3 is 0 Å². The van der Waals surface area contributed by atoms with Crippen molar-refractivity contribution in [3.63, 3.8) is 0 Å².